The summed E-state index contributed by atoms with van der Waals surface area (Å²) >= 11 is 0. The van der Waals surface area contributed by atoms with E-state index in [1.807, 2.05) is 0 Å². The van der Waals surface area contributed by atoms with E-state index in [1.54, 1.807) is 0 Å². The van der Waals surface area contributed by atoms with Crippen molar-refractivity contribution in [3.8, 4) is 0 Å². The molecule has 1 rings (SSSR count). The quantitative estimate of drug-likeness (QED) is 0.446. The zero-order chi connectivity index (χ0) is 8.10. The predicted octanol–water partition coefficient (Wildman–Crippen LogP) is 3.35. The summed E-state index contributed by atoms with van der Waals surface area (Å²) in [6.07, 6.45) is 9.42. The third kappa shape index (κ3) is 2.79. The highest BCUT2D eigenvalue weighted by Gasteiger charge is 2.21. The SMILES string of the molecule is C=CCC1CCC(CC=C)P1. The molecule has 1 aliphatic heterocycles. The highest BCUT2D eigenvalue weighted by Crippen LogP contribution is 2.43. The molecule has 1 heterocycles. The van der Waals surface area contributed by atoms with Gasteiger partial charge in [-0.2, -0.15) is 0 Å². The van der Waals surface area contributed by atoms with Crippen LogP contribution in [0.1, 0.15) is 25.7 Å². The molecule has 0 saturated carbocycles. The molecule has 2 atom stereocenters. The molecule has 0 bridgehead atoms. The Bertz CT molecular complexity index is 124. The zero-order valence-electron chi connectivity index (χ0n) is 7.05. The number of hydrogen-bond donors (Lipinski definition) is 0. The highest BCUT2D eigenvalue weighted by molar-refractivity contribution is 7.40. The maximum absolute atomic E-state index is 3.78. The molecule has 1 aliphatic rings. The van der Waals surface area contributed by atoms with Gasteiger partial charge < -0.3 is 0 Å². The first-order valence-corrected chi connectivity index (χ1v) is 5.50. The zero-order valence-corrected chi connectivity index (χ0v) is 8.05. The summed E-state index contributed by atoms with van der Waals surface area (Å²) in [6, 6.07) is 0. The fraction of sp³-hybridized carbons (Fsp3) is 0.600. The second kappa shape index (κ2) is 4.72. The van der Waals surface area contributed by atoms with E-state index in [4.69, 9.17) is 0 Å². The molecular formula is C10H17P. The second-order valence-corrected chi connectivity index (χ2v) is 5.15. The average Bonchev–Trinajstić information content (AvgIpc) is 2.38. The molecule has 1 heteroatoms. The second-order valence-electron chi connectivity index (χ2n) is 3.19. The van der Waals surface area contributed by atoms with Crippen LogP contribution in [0.25, 0.3) is 0 Å². The Labute approximate surface area is 71.6 Å². The van der Waals surface area contributed by atoms with Gasteiger partial charge in [0.15, 0.2) is 0 Å². The molecular weight excluding hydrogens is 151 g/mol. The maximum atomic E-state index is 3.78. The molecule has 2 unspecified atom stereocenters. The van der Waals surface area contributed by atoms with Crippen LogP contribution in [0.15, 0.2) is 25.3 Å². The molecule has 62 valence electrons. The van der Waals surface area contributed by atoms with Crippen LogP contribution in [0.2, 0.25) is 0 Å². The normalized spacial score (nSPS) is 32.4. The lowest BCUT2D eigenvalue weighted by atomic mass is 10.1. The molecule has 11 heavy (non-hydrogen) atoms. The number of hydrogen-bond acceptors (Lipinski definition) is 0. The van der Waals surface area contributed by atoms with Gasteiger partial charge in [0.25, 0.3) is 0 Å². The van der Waals surface area contributed by atoms with Crippen LogP contribution in [-0.2, 0) is 0 Å². The van der Waals surface area contributed by atoms with E-state index in [0.29, 0.717) is 0 Å². The van der Waals surface area contributed by atoms with Crippen molar-refractivity contribution in [1.29, 1.82) is 0 Å². The van der Waals surface area contributed by atoms with Gasteiger partial charge in [-0.1, -0.05) is 12.2 Å². The van der Waals surface area contributed by atoms with E-state index in [9.17, 15) is 0 Å². The van der Waals surface area contributed by atoms with Crippen LogP contribution in [0.5, 0.6) is 0 Å². The summed E-state index contributed by atoms with van der Waals surface area (Å²) in [5.74, 6) is 0. The van der Waals surface area contributed by atoms with Gasteiger partial charge in [0.05, 0.1) is 0 Å². The van der Waals surface area contributed by atoms with E-state index in [2.05, 4.69) is 25.3 Å². The van der Waals surface area contributed by atoms with E-state index in [0.717, 1.165) is 19.9 Å². The Morgan fingerprint density at radius 1 is 1.09 bits per heavy atom. The Kier molecular flexibility index (Phi) is 3.86. The van der Waals surface area contributed by atoms with Gasteiger partial charge in [0.1, 0.15) is 0 Å². The van der Waals surface area contributed by atoms with Crippen molar-refractivity contribution >= 4 is 8.58 Å². The molecule has 0 aromatic carbocycles. The fourth-order valence-corrected chi connectivity index (χ4v) is 3.62. The van der Waals surface area contributed by atoms with E-state index < -0.39 is 0 Å². The standard InChI is InChI=1S/C10H17P/c1-3-5-9-7-8-10(11-9)6-4-2/h3-4,9-11H,1-2,5-8H2. The lowest BCUT2D eigenvalue weighted by Gasteiger charge is -2.06. The lowest BCUT2D eigenvalue weighted by Crippen LogP contribution is -1.91. The minimum atomic E-state index is 0.956. The topological polar surface area (TPSA) is 0 Å². The van der Waals surface area contributed by atoms with Crippen LogP contribution in [0, 0.1) is 0 Å². The molecule has 0 radical (unpaired) electrons. The van der Waals surface area contributed by atoms with Gasteiger partial charge in [-0.05, 0) is 37.0 Å². The van der Waals surface area contributed by atoms with Crippen LogP contribution in [0.3, 0.4) is 0 Å². The first-order chi connectivity index (χ1) is 5.36. The van der Waals surface area contributed by atoms with Crippen molar-refractivity contribution in [3.63, 3.8) is 0 Å². The minimum absolute atomic E-state index is 0.956. The Morgan fingerprint density at radius 3 is 1.91 bits per heavy atom. The molecule has 0 aromatic heterocycles. The Morgan fingerprint density at radius 2 is 1.55 bits per heavy atom. The van der Waals surface area contributed by atoms with Crippen molar-refractivity contribution in [2.45, 2.75) is 37.0 Å². The van der Waals surface area contributed by atoms with Crippen molar-refractivity contribution < 1.29 is 0 Å². The van der Waals surface area contributed by atoms with Crippen LogP contribution in [0.4, 0.5) is 0 Å². The summed E-state index contributed by atoms with van der Waals surface area (Å²) in [4.78, 5) is 0. The molecule has 0 aromatic rings. The van der Waals surface area contributed by atoms with Gasteiger partial charge in [-0.25, -0.2) is 0 Å². The Hall–Kier alpha value is -0.0900. The summed E-state index contributed by atoms with van der Waals surface area (Å²) in [7, 11) is 1.16. The van der Waals surface area contributed by atoms with Crippen molar-refractivity contribution in [3.05, 3.63) is 25.3 Å². The van der Waals surface area contributed by atoms with Crippen molar-refractivity contribution in [1.82, 2.24) is 0 Å². The monoisotopic (exact) mass is 168 g/mol. The number of allylic oxidation sites excluding steroid dienone is 2. The molecule has 0 aliphatic carbocycles. The van der Waals surface area contributed by atoms with Gasteiger partial charge >= 0.3 is 0 Å². The fourth-order valence-electron chi connectivity index (χ4n) is 1.68. The smallest absolute Gasteiger partial charge is 0.0199 e. The lowest BCUT2D eigenvalue weighted by molar-refractivity contribution is 0.727. The number of rotatable bonds is 4. The van der Waals surface area contributed by atoms with E-state index >= 15 is 0 Å². The van der Waals surface area contributed by atoms with Crippen molar-refractivity contribution in [2.75, 3.05) is 0 Å². The predicted molar refractivity (Wildman–Crippen MR) is 54.8 cm³/mol. The average molecular weight is 168 g/mol. The molecule has 0 spiro atoms. The van der Waals surface area contributed by atoms with Gasteiger partial charge in [-0.3, -0.25) is 0 Å². The van der Waals surface area contributed by atoms with Gasteiger partial charge in [0, 0.05) is 0 Å². The third-order valence-electron chi connectivity index (χ3n) is 2.24. The summed E-state index contributed by atoms with van der Waals surface area (Å²) < 4.78 is 0. The molecule has 1 saturated heterocycles. The summed E-state index contributed by atoms with van der Waals surface area (Å²) in [5.41, 5.74) is 1.91. The molecule has 1 fully saturated rings. The first-order valence-electron chi connectivity index (χ1n) is 4.34. The van der Waals surface area contributed by atoms with E-state index in [1.165, 1.54) is 25.7 Å². The summed E-state index contributed by atoms with van der Waals surface area (Å²) in [5, 5.41) is 0. The largest absolute Gasteiger partial charge is 0.115 e. The summed E-state index contributed by atoms with van der Waals surface area (Å²) in [6.45, 7) is 7.56. The van der Waals surface area contributed by atoms with Gasteiger partial charge in [0.2, 0.25) is 0 Å². The van der Waals surface area contributed by atoms with E-state index in [-0.39, 0.29) is 0 Å². The molecule has 0 nitrogen and oxygen atoms in total. The Balaban J connectivity index is 2.22. The van der Waals surface area contributed by atoms with Crippen LogP contribution >= 0.6 is 8.58 Å². The molecule has 0 N–H and O–H groups in total. The minimum Gasteiger partial charge on any atom is -0.115 e. The van der Waals surface area contributed by atoms with Gasteiger partial charge in [-0.15, -0.1) is 21.7 Å². The molecule has 0 amide bonds. The highest BCUT2D eigenvalue weighted by atomic mass is 31.1. The van der Waals surface area contributed by atoms with Crippen LogP contribution in [-0.4, -0.2) is 11.3 Å². The third-order valence-corrected chi connectivity index (χ3v) is 4.23. The maximum Gasteiger partial charge on any atom is -0.0199 e. The van der Waals surface area contributed by atoms with Crippen molar-refractivity contribution in [2.24, 2.45) is 0 Å². The first kappa shape index (κ1) is 9.00. The van der Waals surface area contributed by atoms with Crippen LogP contribution < -0.4 is 0 Å².